The fraction of sp³-hybridized carbons (Fsp3) is 0.529. The summed E-state index contributed by atoms with van der Waals surface area (Å²) in [6.45, 7) is 3.19. The lowest BCUT2D eigenvalue weighted by Crippen LogP contribution is -2.52. The minimum absolute atomic E-state index is 0. The van der Waals surface area contributed by atoms with Gasteiger partial charge in [0, 0.05) is 19.5 Å². The van der Waals surface area contributed by atoms with E-state index in [-0.39, 0.29) is 24.2 Å². The van der Waals surface area contributed by atoms with Crippen LogP contribution in [0.3, 0.4) is 0 Å². The van der Waals surface area contributed by atoms with Gasteiger partial charge in [0.1, 0.15) is 6.04 Å². The van der Waals surface area contributed by atoms with Crippen LogP contribution < -0.4 is 10.6 Å². The molecule has 2 atom stereocenters. The van der Waals surface area contributed by atoms with Gasteiger partial charge in [0.15, 0.2) is 0 Å². The summed E-state index contributed by atoms with van der Waals surface area (Å²) in [6, 6.07) is 9.08. The van der Waals surface area contributed by atoms with E-state index in [1.165, 1.54) is 0 Å². The molecule has 0 aliphatic carbocycles. The largest absolute Gasteiger partial charge is 0.352 e. The van der Waals surface area contributed by atoms with Crippen LogP contribution in [0.15, 0.2) is 30.3 Å². The Morgan fingerprint density at radius 2 is 2.00 bits per heavy atom. The van der Waals surface area contributed by atoms with Gasteiger partial charge in [0.25, 0.3) is 0 Å². The Hall–Kier alpha value is -1.59. The van der Waals surface area contributed by atoms with E-state index in [0.29, 0.717) is 25.4 Å². The number of halogens is 1. The van der Waals surface area contributed by atoms with Crippen LogP contribution >= 0.6 is 12.4 Å². The summed E-state index contributed by atoms with van der Waals surface area (Å²) in [7, 11) is 0. The molecule has 2 amide bonds. The molecule has 2 N–H and O–H groups in total. The summed E-state index contributed by atoms with van der Waals surface area (Å²) in [6.07, 6.45) is 2.59. The number of hydrogen-bond acceptors (Lipinski definition) is 3. The van der Waals surface area contributed by atoms with E-state index >= 15 is 0 Å². The molecular formula is C17H24ClN3O2. The molecule has 23 heavy (non-hydrogen) atoms. The van der Waals surface area contributed by atoms with Crippen molar-refractivity contribution in [3.8, 4) is 0 Å². The zero-order valence-corrected chi connectivity index (χ0v) is 14.0. The topological polar surface area (TPSA) is 61.4 Å². The maximum Gasteiger partial charge on any atom is 0.247 e. The van der Waals surface area contributed by atoms with Crippen LogP contribution in [0.4, 0.5) is 0 Å². The number of rotatable bonds is 4. The SMILES string of the molecule is Cl.O=C1NCCN(C(=O)CCC2CCNC2)C1c1ccccc1. The molecule has 1 aromatic rings. The molecule has 2 aliphatic heterocycles. The molecule has 0 radical (unpaired) electrons. The monoisotopic (exact) mass is 337 g/mol. The molecule has 0 saturated carbocycles. The van der Waals surface area contributed by atoms with Crippen molar-refractivity contribution >= 4 is 24.2 Å². The average Bonchev–Trinajstić information content (AvgIpc) is 3.06. The van der Waals surface area contributed by atoms with Crippen LogP contribution in [-0.4, -0.2) is 42.9 Å². The van der Waals surface area contributed by atoms with Gasteiger partial charge in [-0.2, -0.15) is 0 Å². The molecular weight excluding hydrogens is 314 g/mol. The first kappa shape index (κ1) is 17.8. The van der Waals surface area contributed by atoms with Crippen molar-refractivity contribution in [3.05, 3.63) is 35.9 Å². The number of nitrogens with one attached hydrogen (secondary N) is 2. The van der Waals surface area contributed by atoms with Gasteiger partial charge in [-0.05, 0) is 37.4 Å². The third-order valence-corrected chi connectivity index (χ3v) is 4.58. The van der Waals surface area contributed by atoms with Gasteiger partial charge in [-0.25, -0.2) is 0 Å². The smallest absolute Gasteiger partial charge is 0.247 e. The first-order chi connectivity index (χ1) is 10.8. The lowest BCUT2D eigenvalue weighted by Gasteiger charge is -2.35. The van der Waals surface area contributed by atoms with Crippen LogP contribution in [-0.2, 0) is 9.59 Å². The fourth-order valence-electron chi connectivity index (χ4n) is 3.33. The molecule has 6 heteroatoms. The number of amides is 2. The summed E-state index contributed by atoms with van der Waals surface area (Å²) in [5.74, 6) is 0.613. The molecule has 2 aliphatic rings. The zero-order chi connectivity index (χ0) is 15.4. The fourth-order valence-corrected chi connectivity index (χ4v) is 3.33. The molecule has 2 saturated heterocycles. The van der Waals surface area contributed by atoms with E-state index in [4.69, 9.17) is 0 Å². The van der Waals surface area contributed by atoms with Gasteiger partial charge >= 0.3 is 0 Å². The highest BCUT2D eigenvalue weighted by Crippen LogP contribution is 2.25. The molecule has 0 bridgehead atoms. The van der Waals surface area contributed by atoms with Crippen LogP contribution in [0, 0.1) is 5.92 Å². The summed E-state index contributed by atoms with van der Waals surface area (Å²) < 4.78 is 0. The lowest BCUT2D eigenvalue weighted by molar-refractivity contribution is -0.143. The van der Waals surface area contributed by atoms with E-state index in [2.05, 4.69) is 10.6 Å². The molecule has 3 rings (SSSR count). The highest BCUT2D eigenvalue weighted by Gasteiger charge is 2.34. The molecule has 0 spiro atoms. The van der Waals surface area contributed by atoms with Gasteiger partial charge in [-0.15, -0.1) is 12.4 Å². The standard InChI is InChI=1S/C17H23N3O2.ClH/c21-15(7-6-13-8-9-18-12-13)20-11-10-19-17(22)16(20)14-4-2-1-3-5-14;/h1-5,13,16,18H,6-12H2,(H,19,22);1H. The highest BCUT2D eigenvalue weighted by atomic mass is 35.5. The second-order valence-electron chi connectivity index (χ2n) is 6.09. The maximum atomic E-state index is 12.6. The first-order valence-corrected chi connectivity index (χ1v) is 8.08. The first-order valence-electron chi connectivity index (χ1n) is 8.08. The van der Waals surface area contributed by atoms with Crippen LogP contribution in [0.25, 0.3) is 0 Å². The molecule has 2 unspecified atom stereocenters. The molecule has 0 aromatic heterocycles. The van der Waals surface area contributed by atoms with E-state index in [1.807, 2.05) is 30.3 Å². The number of piperazine rings is 1. The Bertz CT molecular complexity index is 532. The quantitative estimate of drug-likeness (QED) is 0.875. The lowest BCUT2D eigenvalue weighted by atomic mass is 9.99. The van der Waals surface area contributed by atoms with Crippen molar-refractivity contribution in [2.45, 2.75) is 25.3 Å². The number of benzene rings is 1. The summed E-state index contributed by atoms with van der Waals surface area (Å²) >= 11 is 0. The Labute approximate surface area is 143 Å². The third-order valence-electron chi connectivity index (χ3n) is 4.58. The van der Waals surface area contributed by atoms with Crippen molar-refractivity contribution in [2.75, 3.05) is 26.2 Å². The van der Waals surface area contributed by atoms with Crippen LogP contribution in [0.2, 0.25) is 0 Å². The molecule has 2 heterocycles. The number of carbonyl (C=O) groups is 2. The second-order valence-corrected chi connectivity index (χ2v) is 6.09. The predicted molar refractivity (Wildman–Crippen MR) is 91.4 cm³/mol. The van der Waals surface area contributed by atoms with Gasteiger partial charge in [-0.1, -0.05) is 30.3 Å². The minimum atomic E-state index is -0.482. The average molecular weight is 338 g/mol. The zero-order valence-electron chi connectivity index (χ0n) is 13.2. The normalized spacial score (nSPS) is 24.0. The summed E-state index contributed by atoms with van der Waals surface area (Å²) in [5.41, 5.74) is 0.885. The van der Waals surface area contributed by atoms with Crippen LogP contribution in [0.5, 0.6) is 0 Å². The Balaban J connectivity index is 0.00000192. The van der Waals surface area contributed by atoms with Gasteiger partial charge < -0.3 is 15.5 Å². The Morgan fingerprint density at radius 3 is 2.70 bits per heavy atom. The van der Waals surface area contributed by atoms with Gasteiger partial charge in [-0.3, -0.25) is 9.59 Å². The van der Waals surface area contributed by atoms with Crippen molar-refractivity contribution < 1.29 is 9.59 Å². The van der Waals surface area contributed by atoms with Crippen molar-refractivity contribution in [2.24, 2.45) is 5.92 Å². The van der Waals surface area contributed by atoms with Gasteiger partial charge in [0.2, 0.25) is 11.8 Å². The second kappa shape index (κ2) is 8.31. The van der Waals surface area contributed by atoms with Crippen molar-refractivity contribution in [1.82, 2.24) is 15.5 Å². The maximum absolute atomic E-state index is 12.6. The van der Waals surface area contributed by atoms with Crippen molar-refractivity contribution in [3.63, 3.8) is 0 Å². The molecule has 2 fully saturated rings. The van der Waals surface area contributed by atoms with Gasteiger partial charge in [0.05, 0.1) is 0 Å². The van der Waals surface area contributed by atoms with Crippen LogP contribution in [0.1, 0.15) is 30.9 Å². The number of nitrogens with zero attached hydrogens (tertiary/aromatic N) is 1. The summed E-state index contributed by atoms with van der Waals surface area (Å²) in [4.78, 5) is 26.6. The molecule has 5 nitrogen and oxygen atoms in total. The van der Waals surface area contributed by atoms with E-state index in [1.54, 1.807) is 4.90 Å². The predicted octanol–water partition coefficient (Wildman–Crippen LogP) is 1.50. The number of carbonyl (C=O) groups excluding carboxylic acids is 2. The van der Waals surface area contributed by atoms with Crippen molar-refractivity contribution in [1.29, 1.82) is 0 Å². The highest BCUT2D eigenvalue weighted by molar-refractivity contribution is 5.89. The number of hydrogen-bond donors (Lipinski definition) is 2. The van der Waals surface area contributed by atoms with E-state index in [9.17, 15) is 9.59 Å². The minimum Gasteiger partial charge on any atom is -0.352 e. The molecule has 1 aromatic carbocycles. The Morgan fingerprint density at radius 1 is 1.22 bits per heavy atom. The van der Waals surface area contributed by atoms with E-state index < -0.39 is 6.04 Å². The summed E-state index contributed by atoms with van der Waals surface area (Å²) in [5, 5.41) is 6.20. The Kier molecular flexibility index (Phi) is 6.42. The molecule has 126 valence electrons. The van der Waals surface area contributed by atoms with E-state index in [0.717, 1.165) is 31.5 Å². The third kappa shape index (κ3) is 4.24.